The molecule has 1 aromatic heterocycles. The Kier molecular flexibility index (Phi) is 7.76. The minimum absolute atomic E-state index is 0.104. The molecular formula is C18H33N3O2. The van der Waals surface area contributed by atoms with Gasteiger partial charge >= 0.3 is 0 Å². The summed E-state index contributed by atoms with van der Waals surface area (Å²) in [6.07, 6.45) is 2.83. The van der Waals surface area contributed by atoms with Gasteiger partial charge in [-0.2, -0.15) is 0 Å². The first kappa shape index (κ1) is 19.7. The number of nitrogens with one attached hydrogen (secondary N) is 1. The third-order valence-electron chi connectivity index (χ3n) is 5.13. The van der Waals surface area contributed by atoms with Crippen LogP contribution in [0, 0.1) is 12.3 Å². The van der Waals surface area contributed by atoms with Gasteiger partial charge < -0.3 is 14.7 Å². The van der Waals surface area contributed by atoms with Gasteiger partial charge in [0.25, 0.3) is 5.91 Å². The van der Waals surface area contributed by atoms with Crippen molar-refractivity contribution in [3.05, 3.63) is 17.0 Å². The van der Waals surface area contributed by atoms with Crippen LogP contribution in [0.1, 0.15) is 69.3 Å². The van der Waals surface area contributed by atoms with Gasteiger partial charge in [-0.25, -0.2) is 0 Å². The molecule has 0 atom stereocenters. The van der Waals surface area contributed by atoms with Gasteiger partial charge in [-0.3, -0.25) is 4.79 Å². The normalized spacial score (nSPS) is 12.0. The largest absolute Gasteiger partial charge is 0.360 e. The van der Waals surface area contributed by atoms with Gasteiger partial charge in [0.05, 0.1) is 0 Å². The second kappa shape index (κ2) is 9.06. The molecule has 0 unspecified atom stereocenters. The Morgan fingerprint density at radius 3 is 2.22 bits per heavy atom. The smallest absolute Gasteiger partial charge is 0.273 e. The van der Waals surface area contributed by atoms with Crippen molar-refractivity contribution < 1.29 is 9.32 Å². The molecule has 0 aliphatic carbocycles. The van der Waals surface area contributed by atoms with Crippen LogP contribution in [0.5, 0.6) is 0 Å². The number of rotatable bonds is 10. The van der Waals surface area contributed by atoms with Gasteiger partial charge in [0.1, 0.15) is 5.76 Å². The van der Waals surface area contributed by atoms with Crippen molar-refractivity contribution in [1.29, 1.82) is 0 Å². The minimum atomic E-state index is -0.128. The number of carbonyl (C=O) groups is 1. The fourth-order valence-corrected chi connectivity index (χ4v) is 2.96. The van der Waals surface area contributed by atoms with E-state index < -0.39 is 0 Å². The standard InChI is InChI=1S/C18H33N3O2/c1-7-15-14(6)16(20-23-15)17(22)19-12-18(8-2,9-3)13-21(10-4)11-5/h7-13H2,1-6H3,(H,19,22). The van der Waals surface area contributed by atoms with Crippen molar-refractivity contribution in [2.75, 3.05) is 26.2 Å². The lowest BCUT2D eigenvalue weighted by molar-refractivity contribution is 0.0885. The molecule has 23 heavy (non-hydrogen) atoms. The molecule has 1 rings (SSSR count). The summed E-state index contributed by atoms with van der Waals surface area (Å²) in [5, 5.41) is 7.02. The lowest BCUT2D eigenvalue weighted by Gasteiger charge is -2.36. The molecule has 0 aliphatic heterocycles. The third-order valence-corrected chi connectivity index (χ3v) is 5.13. The van der Waals surface area contributed by atoms with Crippen molar-refractivity contribution in [3.63, 3.8) is 0 Å². The van der Waals surface area contributed by atoms with E-state index in [1.165, 1.54) is 0 Å². The molecule has 132 valence electrons. The molecule has 5 heteroatoms. The Balaban J connectivity index is 2.77. The van der Waals surface area contributed by atoms with Crippen molar-refractivity contribution in [1.82, 2.24) is 15.4 Å². The summed E-state index contributed by atoms with van der Waals surface area (Å²) >= 11 is 0. The molecule has 5 nitrogen and oxygen atoms in total. The second-order valence-corrected chi connectivity index (χ2v) is 6.28. The van der Waals surface area contributed by atoms with Crippen LogP contribution in [0.25, 0.3) is 0 Å². The van der Waals surface area contributed by atoms with Gasteiger partial charge in [-0.15, -0.1) is 0 Å². The van der Waals surface area contributed by atoms with Crippen LogP contribution in [0.3, 0.4) is 0 Å². The molecule has 0 aliphatic rings. The fourth-order valence-electron chi connectivity index (χ4n) is 2.96. The first-order valence-electron chi connectivity index (χ1n) is 8.92. The van der Waals surface area contributed by atoms with Crippen molar-refractivity contribution in [2.45, 2.75) is 60.8 Å². The number of carbonyl (C=O) groups excluding carboxylic acids is 1. The molecular weight excluding hydrogens is 290 g/mol. The fraction of sp³-hybridized carbons (Fsp3) is 0.778. The lowest BCUT2D eigenvalue weighted by atomic mass is 9.81. The Labute approximate surface area is 140 Å². The molecule has 0 fully saturated rings. The van der Waals surface area contributed by atoms with E-state index >= 15 is 0 Å². The number of amides is 1. The highest BCUT2D eigenvalue weighted by molar-refractivity contribution is 5.93. The van der Waals surface area contributed by atoms with E-state index in [1.54, 1.807) is 0 Å². The van der Waals surface area contributed by atoms with Crippen molar-refractivity contribution in [3.8, 4) is 0 Å². The van der Waals surface area contributed by atoms with E-state index in [-0.39, 0.29) is 11.3 Å². The average molecular weight is 323 g/mol. The predicted molar refractivity (Wildman–Crippen MR) is 93.8 cm³/mol. The van der Waals surface area contributed by atoms with E-state index in [1.807, 2.05) is 13.8 Å². The highest BCUT2D eigenvalue weighted by atomic mass is 16.5. The topological polar surface area (TPSA) is 58.4 Å². The predicted octanol–water partition coefficient (Wildman–Crippen LogP) is 3.42. The van der Waals surface area contributed by atoms with E-state index in [0.717, 1.165) is 50.2 Å². The van der Waals surface area contributed by atoms with E-state index in [2.05, 4.69) is 43.1 Å². The van der Waals surface area contributed by atoms with Crippen LogP contribution < -0.4 is 5.32 Å². The Morgan fingerprint density at radius 1 is 1.17 bits per heavy atom. The number of nitrogens with zero attached hydrogens (tertiary/aromatic N) is 2. The highest BCUT2D eigenvalue weighted by Gasteiger charge is 2.29. The van der Waals surface area contributed by atoms with E-state index in [0.29, 0.717) is 12.2 Å². The van der Waals surface area contributed by atoms with Gasteiger partial charge in [0.15, 0.2) is 5.69 Å². The minimum Gasteiger partial charge on any atom is -0.360 e. The Hall–Kier alpha value is -1.36. The molecule has 1 heterocycles. The monoisotopic (exact) mass is 323 g/mol. The Morgan fingerprint density at radius 2 is 1.78 bits per heavy atom. The number of hydrogen-bond donors (Lipinski definition) is 1. The molecule has 0 aromatic carbocycles. The summed E-state index contributed by atoms with van der Waals surface area (Å²) in [5.74, 6) is 0.660. The molecule has 1 N–H and O–H groups in total. The zero-order chi connectivity index (χ0) is 17.5. The second-order valence-electron chi connectivity index (χ2n) is 6.28. The van der Waals surface area contributed by atoms with Crippen LogP contribution >= 0.6 is 0 Å². The Bertz CT molecular complexity index is 488. The maximum atomic E-state index is 12.5. The molecule has 0 spiro atoms. The molecule has 1 aromatic rings. The van der Waals surface area contributed by atoms with Gasteiger partial charge in [0, 0.05) is 25.1 Å². The summed E-state index contributed by atoms with van der Waals surface area (Å²) in [6, 6.07) is 0. The molecule has 1 amide bonds. The summed E-state index contributed by atoms with van der Waals surface area (Å²) in [5.41, 5.74) is 1.38. The van der Waals surface area contributed by atoms with Crippen LogP contribution in [0.2, 0.25) is 0 Å². The summed E-state index contributed by atoms with van der Waals surface area (Å²) in [7, 11) is 0. The van der Waals surface area contributed by atoms with Gasteiger partial charge in [-0.1, -0.05) is 39.8 Å². The van der Waals surface area contributed by atoms with Crippen LogP contribution in [0.15, 0.2) is 4.52 Å². The summed E-state index contributed by atoms with van der Waals surface area (Å²) in [6.45, 7) is 16.4. The molecule has 0 saturated carbocycles. The zero-order valence-corrected chi connectivity index (χ0v) is 15.7. The van der Waals surface area contributed by atoms with Gasteiger partial charge in [-0.05, 0) is 38.3 Å². The molecule has 0 radical (unpaired) electrons. The molecule has 0 saturated heterocycles. The summed E-state index contributed by atoms with van der Waals surface area (Å²) in [4.78, 5) is 14.9. The quantitative estimate of drug-likeness (QED) is 0.717. The van der Waals surface area contributed by atoms with Crippen molar-refractivity contribution in [2.24, 2.45) is 5.41 Å². The maximum Gasteiger partial charge on any atom is 0.273 e. The zero-order valence-electron chi connectivity index (χ0n) is 15.7. The first-order valence-corrected chi connectivity index (χ1v) is 8.92. The summed E-state index contributed by atoms with van der Waals surface area (Å²) < 4.78 is 5.23. The lowest BCUT2D eigenvalue weighted by Crippen LogP contribution is -2.45. The van der Waals surface area contributed by atoms with E-state index in [9.17, 15) is 4.79 Å². The van der Waals surface area contributed by atoms with Crippen LogP contribution in [0.4, 0.5) is 0 Å². The third kappa shape index (κ3) is 4.80. The number of hydrogen-bond acceptors (Lipinski definition) is 4. The number of aryl methyl sites for hydroxylation is 1. The average Bonchev–Trinajstić information content (AvgIpc) is 2.96. The maximum absolute atomic E-state index is 12.5. The SMILES string of the molecule is CCc1onc(C(=O)NCC(CC)(CC)CN(CC)CC)c1C. The van der Waals surface area contributed by atoms with Crippen LogP contribution in [-0.2, 0) is 6.42 Å². The molecule has 0 bridgehead atoms. The van der Waals surface area contributed by atoms with Gasteiger partial charge in [0.2, 0.25) is 0 Å². The van der Waals surface area contributed by atoms with E-state index in [4.69, 9.17) is 4.52 Å². The van der Waals surface area contributed by atoms with Crippen molar-refractivity contribution >= 4 is 5.91 Å². The number of aromatic nitrogens is 1. The van der Waals surface area contributed by atoms with Crippen LogP contribution in [-0.4, -0.2) is 42.1 Å². The first-order chi connectivity index (χ1) is 11.0. The highest BCUT2D eigenvalue weighted by Crippen LogP contribution is 2.27.